The molecule has 5 nitrogen and oxygen atoms in total. The van der Waals surface area contributed by atoms with E-state index in [1.54, 1.807) is 7.05 Å². The first kappa shape index (κ1) is 15.4. The lowest BCUT2D eigenvalue weighted by atomic mass is 10.2. The number of aromatic nitrogens is 1. The Hall–Kier alpha value is -1.95. The molecule has 0 saturated carbocycles. The molecule has 1 aromatic carbocycles. The van der Waals surface area contributed by atoms with Crippen LogP contribution in [0.5, 0.6) is 5.88 Å². The average Bonchev–Trinajstić information content (AvgIpc) is 2.77. The molecule has 0 aliphatic heterocycles. The van der Waals surface area contributed by atoms with Crippen molar-refractivity contribution in [3.63, 3.8) is 0 Å². The summed E-state index contributed by atoms with van der Waals surface area (Å²) < 4.78 is 1.89. The first-order valence-electron chi connectivity index (χ1n) is 7.12. The van der Waals surface area contributed by atoms with Crippen molar-refractivity contribution in [1.82, 2.24) is 9.88 Å². The third-order valence-electron chi connectivity index (χ3n) is 3.36. The van der Waals surface area contributed by atoms with Gasteiger partial charge in [0.2, 0.25) is 11.0 Å². The molecule has 2 N–H and O–H groups in total. The first-order valence-corrected chi connectivity index (χ1v) is 7.53. The lowest BCUT2D eigenvalue weighted by molar-refractivity contribution is 0.417. The number of hydrogen-bond donors (Lipinski definition) is 2. The molecule has 0 atom stereocenters. The number of nitrogens with one attached hydrogen (secondary N) is 1. The number of hydrogen-bond acceptors (Lipinski definition) is 3. The predicted octanol–water partition coefficient (Wildman–Crippen LogP) is 4.13. The van der Waals surface area contributed by atoms with Crippen molar-refractivity contribution in [2.45, 2.75) is 32.7 Å². The van der Waals surface area contributed by atoms with Gasteiger partial charge in [-0.1, -0.05) is 38.0 Å². The van der Waals surface area contributed by atoms with Crippen LogP contribution in [-0.4, -0.2) is 21.8 Å². The Morgan fingerprint density at radius 1 is 1.33 bits per heavy atom. The van der Waals surface area contributed by atoms with Gasteiger partial charge in [0, 0.05) is 19.0 Å². The maximum absolute atomic E-state index is 10.4. The number of aryl methyl sites for hydroxylation is 1. The number of rotatable bonds is 5. The highest BCUT2D eigenvalue weighted by molar-refractivity contribution is 7.80. The Labute approximate surface area is 129 Å². The second-order valence-corrected chi connectivity index (χ2v) is 5.19. The molecule has 21 heavy (non-hydrogen) atoms. The number of para-hydroxylation sites is 1. The molecule has 0 fully saturated rings. The highest BCUT2D eigenvalue weighted by atomic mass is 32.1. The Kier molecular flexibility index (Phi) is 5.27. The Morgan fingerprint density at radius 3 is 2.81 bits per heavy atom. The minimum atomic E-state index is 0.148. The van der Waals surface area contributed by atoms with E-state index in [4.69, 9.17) is 12.2 Å². The van der Waals surface area contributed by atoms with Crippen molar-refractivity contribution in [3.8, 4) is 5.88 Å². The molecule has 2 rings (SSSR count). The van der Waals surface area contributed by atoms with Crippen molar-refractivity contribution in [2.24, 2.45) is 10.2 Å². The maximum Gasteiger partial charge on any atom is 0.220 e. The molecule has 0 saturated heterocycles. The largest absolute Gasteiger partial charge is 0.493 e. The molecule has 0 amide bonds. The van der Waals surface area contributed by atoms with E-state index < -0.39 is 0 Å². The standard InChI is InChI=1S/C15H20N4OS/c1-3-4-7-10-19-12-9-6-5-8-11(12)13(14(19)20)17-18-15(21)16-2/h5-6,8-9,20H,3-4,7,10H2,1-2H3,(H,16,21). The molecule has 1 aromatic heterocycles. The number of thiocarbonyl (C=S) groups is 1. The fraction of sp³-hybridized carbons (Fsp3) is 0.400. The van der Waals surface area contributed by atoms with Gasteiger partial charge in [-0.3, -0.25) is 0 Å². The summed E-state index contributed by atoms with van der Waals surface area (Å²) >= 11 is 4.95. The van der Waals surface area contributed by atoms with Crippen molar-refractivity contribution in [1.29, 1.82) is 0 Å². The topological polar surface area (TPSA) is 61.9 Å². The molecule has 1 heterocycles. The fourth-order valence-corrected chi connectivity index (χ4v) is 2.30. The molecule has 0 radical (unpaired) electrons. The quantitative estimate of drug-likeness (QED) is 0.496. The van der Waals surface area contributed by atoms with Crippen LogP contribution < -0.4 is 5.32 Å². The van der Waals surface area contributed by atoms with Crippen LogP contribution in [0.3, 0.4) is 0 Å². The van der Waals surface area contributed by atoms with Gasteiger partial charge >= 0.3 is 0 Å². The van der Waals surface area contributed by atoms with Gasteiger partial charge in [-0.05, 0) is 24.7 Å². The van der Waals surface area contributed by atoms with E-state index in [1.165, 1.54) is 0 Å². The van der Waals surface area contributed by atoms with Gasteiger partial charge < -0.3 is 15.0 Å². The molecule has 0 unspecified atom stereocenters. The molecule has 0 bridgehead atoms. The molecule has 0 aliphatic rings. The van der Waals surface area contributed by atoms with Crippen LogP contribution in [0, 0.1) is 0 Å². The normalized spacial score (nSPS) is 11.3. The van der Waals surface area contributed by atoms with Crippen LogP contribution in [0.1, 0.15) is 26.2 Å². The number of aromatic hydroxyl groups is 1. The molecule has 0 aliphatic carbocycles. The van der Waals surface area contributed by atoms with E-state index in [1.807, 2.05) is 28.8 Å². The van der Waals surface area contributed by atoms with Gasteiger partial charge in [-0.15, -0.1) is 10.2 Å². The number of fused-ring (bicyclic) bond motifs is 1. The summed E-state index contributed by atoms with van der Waals surface area (Å²) in [4.78, 5) is 0. The monoisotopic (exact) mass is 304 g/mol. The van der Waals surface area contributed by atoms with E-state index in [0.29, 0.717) is 5.69 Å². The summed E-state index contributed by atoms with van der Waals surface area (Å²) in [6, 6.07) is 7.80. The highest BCUT2D eigenvalue weighted by Gasteiger charge is 2.15. The number of unbranched alkanes of at least 4 members (excludes halogenated alkanes) is 2. The van der Waals surface area contributed by atoms with Crippen molar-refractivity contribution in [2.75, 3.05) is 7.05 Å². The average molecular weight is 304 g/mol. The zero-order chi connectivity index (χ0) is 15.2. The summed E-state index contributed by atoms with van der Waals surface area (Å²) in [7, 11) is 1.69. The third kappa shape index (κ3) is 3.39. The van der Waals surface area contributed by atoms with Crippen LogP contribution in [0.4, 0.5) is 5.69 Å². The Balaban J connectivity index is 2.43. The van der Waals surface area contributed by atoms with Gasteiger partial charge in [-0.25, -0.2) is 0 Å². The zero-order valence-electron chi connectivity index (χ0n) is 12.3. The molecule has 2 aromatic rings. The first-order chi connectivity index (χ1) is 10.2. The van der Waals surface area contributed by atoms with E-state index >= 15 is 0 Å². The van der Waals surface area contributed by atoms with Crippen LogP contribution >= 0.6 is 12.2 Å². The minimum Gasteiger partial charge on any atom is -0.493 e. The Bertz CT molecular complexity index is 663. The highest BCUT2D eigenvalue weighted by Crippen LogP contribution is 2.38. The van der Waals surface area contributed by atoms with Crippen LogP contribution in [-0.2, 0) is 6.54 Å². The molecular formula is C15H20N4OS. The van der Waals surface area contributed by atoms with E-state index in [2.05, 4.69) is 22.5 Å². The van der Waals surface area contributed by atoms with Crippen LogP contribution in [0.25, 0.3) is 10.9 Å². The van der Waals surface area contributed by atoms with Gasteiger partial charge in [0.25, 0.3) is 0 Å². The number of benzene rings is 1. The van der Waals surface area contributed by atoms with Crippen LogP contribution in [0.2, 0.25) is 0 Å². The molecular weight excluding hydrogens is 284 g/mol. The van der Waals surface area contributed by atoms with Crippen molar-refractivity contribution >= 4 is 33.9 Å². The summed E-state index contributed by atoms with van der Waals surface area (Å²) in [6.45, 7) is 2.93. The van der Waals surface area contributed by atoms with E-state index in [-0.39, 0.29) is 11.0 Å². The second-order valence-electron chi connectivity index (χ2n) is 4.80. The number of nitrogens with zero attached hydrogens (tertiary/aromatic N) is 3. The molecule has 6 heteroatoms. The van der Waals surface area contributed by atoms with E-state index in [0.717, 1.165) is 36.7 Å². The Morgan fingerprint density at radius 2 is 2.10 bits per heavy atom. The van der Waals surface area contributed by atoms with Gasteiger partial charge in [0.1, 0.15) is 0 Å². The number of azo groups is 1. The maximum atomic E-state index is 10.4. The lowest BCUT2D eigenvalue weighted by Gasteiger charge is -2.05. The summed E-state index contributed by atoms with van der Waals surface area (Å²) in [5.41, 5.74) is 1.44. The minimum absolute atomic E-state index is 0.148. The molecule has 0 spiro atoms. The van der Waals surface area contributed by atoms with Gasteiger partial charge in [0.15, 0.2) is 5.69 Å². The van der Waals surface area contributed by atoms with Crippen molar-refractivity contribution < 1.29 is 5.11 Å². The second kappa shape index (κ2) is 7.17. The smallest absolute Gasteiger partial charge is 0.220 e. The van der Waals surface area contributed by atoms with Gasteiger partial charge in [-0.2, -0.15) is 0 Å². The summed E-state index contributed by atoms with van der Waals surface area (Å²) in [6.07, 6.45) is 3.30. The lowest BCUT2D eigenvalue weighted by Crippen LogP contribution is -2.11. The van der Waals surface area contributed by atoms with Gasteiger partial charge in [0.05, 0.1) is 5.52 Å². The third-order valence-corrected chi connectivity index (χ3v) is 3.64. The van der Waals surface area contributed by atoms with Crippen LogP contribution in [0.15, 0.2) is 34.5 Å². The SMILES string of the molecule is CCCCCn1c(O)c(N=NC(=S)NC)c2ccccc21. The summed E-state index contributed by atoms with van der Waals surface area (Å²) in [5.74, 6) is 0.148. The van der Waals surface area contributed by atoms with Crippen molar-refractivity contribution in [3.05, 3.63) is 24.3 Å². The summed E-state index contributed by atoms with van der Waals surface area (Å²) in [5, 5.41) is 22.4. The fourth-order valence-electron chi connectivity index (χ4n) is 2.26. The predicted molar refractivity (Wildman–Crippen MR) is 89.3 cm³/mol. The van der Waals surface area contributed by atoms with E-state index in [9.17, 15) is 5.11 Å². The molecule has 112 valence electrons. The zero-order valence-corrected chi connectivity index (χ0v) is 13.2.